The molecule has 0 spiro atoms. The number of benzene rings is 2. The molecule has 5 nitrogen and oxygen atoms in total. The van der Waals surface area contributed by atoms with Crippen molar-refractivity contribution in [1.82, 2.24) is 14.8 Å². The molecule has 22 heavy (non-hydrogen) atoms. The Balaban J connectivity index is 1.87. The number of aromatic nitrogens is 3. The number of hydrogen-bond acceptors (Lipinski definition) is 3. The minimum absolute atomic E-state index is 0.265. The van der Waals surface area contributed by atoms with E-state index in [-0.39, 0.29) is 17.5 Å². The number of hydrogen-bond donors (Lipinski definition) is 2. The van der Waals surface area contributed by atoms with Gasteiger partial charge < -0.3 is 5.73 Å². The van der Waals surface area contributed by atoms with Gasteiger partial charge in [0.05, 0.1) is 11.7 Å². The van der Waals surface area contributed by atoms with Gasteiger partial charge in [-0.2, -0.15) is 5.10 Å². The van der Waals surface area contributed by atoms with Crippen LogP contribution in [0.5, 0.6) is 0 Å². The van der Waals surface area contributed by atoms with E-state index in [1.807, 2.05) is 18.2 Å². The summed E-state index contributed by atoms with van der Waals surface area (Å²) < 4.78 is 14.5. The van der Waals surface area contributed by atoms with Crippen LogP contribution in [0.3, 0.4) is 0 Å². The minimum atomic E-state index is -0.324. The predicted octanol–water partition coefficient (Wildman–Crippen LogP) is 1.92. The topological polar surface area (TPSA) is 76.7 Å². The van der Waals surface area contributed by atoms with Gasteiger partial charge in [-0.05, 0) is 47.4 Å². The van der Waals surface area contributed by atoms with Crippen LogP contribution in [0, 0.1) is 5.82 Å². The lowest BCUT2D eigenvalue weighted by atomic mass is 9.95. The summed E-state index contributed by atoms with van der Waals surface area (Å²) in [7, 11) is 0. The first-order valence-corrected chi connectivity index (χ1v) is 6.95. The lowest BCUT2D eigenvalue weighted by Gasteiger charge is -2.22. The molecule has 1 unspecified atom stereocenters. The summed E-state index contributed by atoms with van der Waals surface area (Å²) >= 11 is 0. The second-order valence-electron chi connectivity index (χ2n) is 5.38. The standard InChI is InChI=1S/C16H13FN4O/c17-12-4-1-9(2-5-12)10-3-6-14-11(7-10)8-13(18)15-19-20-16(22)21(14)15/h1-7,13H,8,18H2,(H,20,22). The van der Waals surface area contributed by atoms with Gasteiger partial charge in [0, 0.05) is 0 Å². The van der Waals surface area contributed by atoms with Gasteiger partial charge in [0.15, 0.2) is 5.82 Å². The van der Waals surface area contributed by atoms with E-state index < -0.39 is 0 Å². The average Bonchev–Trinajstić information content (AvgIpc) is 2.91. The summed E-state index contributed by atoms with van der Waals surface area (Å²) in [5.74, 6) is 0.283. The monoisotopic (exact) mass is 296 g/mol. The molecule has 0 fully saturated rings. The van der Waals surface area contributed by atoms with Crippen LogP contribution in [0.15, 0.2) is 47.3 Å². The van der Waals surface area contributed by atoms with Gasteiger partial charge in [-0.25, -0.2) is 18.9 Å². The molecule has 1 aliphatic rings. The van der Waals surface area contributed by atoms with E-state index >= 15 is 0 Å². The number of aromatic amines is 1. The molecule has 110 valence electrons. The zero-order valence-corrected chi connectivity index (χ0v) is 11.6. The fourth-order valence-electron chi connectivity index (χ4n) is 2.91. The Morgan fingerprint density at radius 2 is 1.91 bits per heavy atom. The first kappa shape index (κ1) is 13.0. The quantitative estimate of drug-likeness (QED) is 0.720. The maximum absolute atomic E-state index is 13.0. The fraction of sp³-hybridized carbons (Fsp3) is 0.125. The van der Waals surface area contributed by atoms with Gasteiger partial charge in [0.2, 0.25) is 0 Å². The van der Waals surface area contributed by atoms with Crippen molar-refractivity contribution in [2.45, 2.75) is 12.5 Å². The maximum atomic E-state index is 13.0. The van der Waals surface area contributed by atoms with Crippen LogP contribution < -0.4 is 11.4 Å². The number of rotatable bonds is 1. The van der Waals surface area contributed by atoms with Crippen LogP contribution in [0.4, 0.5) is 4.39 Å². The van der Waals surface area contributed by atoms with Crippen LogP contribution in [-0.2, 0) is 6.42 Å². The Bertz CT molecular complexity index is 911. The van der Waals surface area contributed by atoms with Crippen molar-refractivity contribution >= 4 is 0 Å². The van der Waals surface area contributed by atoms with Crippen LogP contribution in [0.2, 0.25) is 0 Å². The molecule has 2 heterocycles. The molecule has 0 radical (unpaired) electrons. The van der Waals surface area contributed by atoms with Crippen molar-refractivity contribution in [3.8, 4) is 16.8 Å². The molecule has 3 N–H and O–H groups in total. The Hall–Kier alpha value is -2.73. The zero-order chi connectivity index (χ0) is 15.3. The number of nitrogens with one attached hydrogen (secondary N) is 1. The Kier molecular flexibility index (Phi) is 2.74. The highest BCUT2D eigenvalue weighted by molar-refractivity contribution is 5.67. The Labute approximate surface area is 125 Å². The smallest absolute Gasteiger partial charge is 0.321 e. The molecule has 1 aromatic heterocycles. The molecule has 4 rings (SSSR count). The Morgan fingerprint density at radius 1 is 1.18 bits per heavy atom. The molecule has 6 heteroatoms. The van der Waals surface area contributed by atoms with Gasteiger partial charge in [-0.3, -0.25) is 0 Å². The fourth-order valence-corrected chi connectivity index (χ4v) is 2.91. The molecular weight excluding hydrogens is 283 g/mol. The van der Waals surface area contributed by atoms with Crippen LogP contribution in [-0.4, -0.2) is 14.8 Å². The average molecular weight is 296 g/mol. The minimum Gasteiger partial charge on any atom is -0.321 e. The van der Waals surface area contributed by atoms with E-state index in [4.69, 9.17) is 5.73 Å². The van der Waals surface area contributed by atoms with Gasteiger partial charge in [0.25, 0.3) is 0 Å². The van der Waals surface area contributed by atoms with E-state index in [0.717, 1.165) is 22.4 Å². The second-order valence-corrected chi connectivity index (χ2v) is 5.38. The SMILES string of the molecule is NC1Cc2cc(-c3ccc(F)cc3)ccc2-n2c1n[nH]c2=O. The second kappa shape index (κ2) is 4.64. The molecular formula is C16H13FN4O. The number of nitrogens with zero attached hydrogens (tertiary/aromatic N) is 2. The first-order valence-electron chi connectivity index (χ1n) is 6.95. The summed E-state index contributed by atoms with van der Waals surface area (Å²) in [6.07, 6.45) is 0.606. The normalized spacial score (nSPS) is 16.2. The van der Waals surface area contributed by atoms with E-state index in [1.54, 1.807) is 12.1 Å². The molecule has 0 aliphatic carbocycles. The molecule has 1 atom stereocenters. The third-order valence-electron chi connectivity index (χ3n) is 3.97. The molecule has 0 bridgehead atoms. The molecule has 1 aliphatic heterocycles. The van der Waals surface area contributed by atoms with Crippen molar-refractivity contribution in [2.24, 2.45) is 5.73 Å². The highest BCUT2D eigenvalue weighted by Gasteiger charge is 2.25. The van der Waals surface area contributed by atoms with Crippen molar-refractivity contribution < 1.29 is 4.39 Å². The molecule has 3 aromatic rings. The lowest BCUT2D eigenvalue weighted by molar-refractivity contribution is 0.619. The van der Waals surface area contributed by atoms with Crippen LogP contribution in [0.1, 0.15) is 17.4 Å². The lowest BCUT2D eigenvalue weighted by Crippen LogP contribution is -2.28. The molecule has 0 amide bonds. The largest absolute Gasteiger partial charge is 0.347 e. The van der Waals surface area contributed by atoms with E-state index in [1.165, 1.54) is 16.7 Å². The molecule has 2 aromatic carbocycles. The summed E-state index contributed by atoms with van der Waals surface area (Å²) in [6.45, 7) is 0. The third kappa shape index (κ3) is 1.88. The van der Waals surface area contributed by atoms with Crippen molar-refractivity contribution in [2.75, 3.05) is 0 Å². The van der Waals surface area contributed by atoms with Gasteiger partial charge in [-0.1, -0.05) is 18.2 Å². The summed E-state index contributed by atoms with van der Waals surface area (Å²) in [5, 5.41) is 6.42. The van der Waals surface area contributed by atoms with Gasteiger partial charge in [0.1, 0.15) is 5.82 Å². The van der Waals surface area contributed by atoms with Crippen molar-refractivity contribution in [1.29, 1.82) is 0 Å². The summed E-state index contributed by atoms with van der Waals surface area (Å²) in [4.78, 5) is 11.9. The van der Waals surface area contributed by atoms with Crippen LogP contribution in [0.25, 0.3) is 16.8 Å². The van der Waals surface area contributed by atoms with Gasteiger partial charge >= 0.3 is 5.69 Å². The first-order chi connectivity index (χ1) is 10.6. The Morgan fingerprint density at radius 3 is 2.68 bits per heavy atom. The third-order valence-corrected chi connectivity index (χ3v) is 3.97. The van der Waals surface area contributed by atoms with Crippen molar-refractivity contribution in [3.05, 3.63) is 70.2 Å². The number of H-pyrrole nitrogens is 1. The van der Waals surface area contributed by atoms with E-state index in [9.17, 15) is 9.18 Å². The van der Waals surface area contributed by atoms with E-state index in [2.05, 4.69) is 10.2 Å². The molecule has 0 saturated carbocycles. The number of fused-ring (bicyclic) bond motifs is 3. The number of nitrogens with two attached hydrogens (primary N) is 1. The van der Waals surface area contributed by atoms with Crippen molar-refractivity contribution in [3.63, 3.8) is 0 Å². The maximum Gasteiger partial charge on any atom is 0.347 e. The molecule has 0 saturated heterocycles. The number of halogens is 1. The highest BCUT2D eigenvalue weighted by Crippen LogP contribution is 2.30. The zero-order valence-electron chi connectivity index (χ0n) is 11.6. The predicted molar refractivity (Wildman–Crippen MR) is 80.2 cm³/mol. The van der Waals surface area contributed by atoms with E-state index in [0.29, 0.717) is 12.2 Å². The summed E-state index contributed by atoms with van der Waals surface area (Å²) in [6, 6.07) is 11.8. The highest BCUT2D eigenvalue weighted by atomic mass is 19.1. The van der Waals surface area contributed by atoms with Gasteiger partial charge in [-0.15, -0.1) is 0 Å². The summed E-state index contributed by atoms with van der Waals surface area (Å²) in [5.41, 5.74) is 9.45. The van der Waals surface area contributed by atoms with Crippen LogP contribution >= 0.6 is 0 Å².